The van der Waals surface area contributed by atoms with Crippen molar-refractivity contribution in [3.05, 3.63) is 41.1 Å². The van der Waals surface area contributed by atoms with E-state index in [9.17, 15) is 4.79 Å². The number of nitrogens with one attached hydrogen (secondary N) is 1. The van der Waals surface area contributed by atoms with E-state index < -0.39 is 0 Å². The lowest BCUT2D eigenvalue weighted by molar-refractivity contribution is 1.01. The minimum absolute atomic E-state index is 0.0949. The number of fused-ring (bicyclic) bond motifs is 1. The first kappa shape index (κ1) is 5.29. The summed E-state index contributed by atoms with van der Waals surface area (Å²) < 4.78 is 1.56. The topological polar surface area (TPSA) is 37.3 Å². The third kappa shape index (κ3) is 0.572. The van der Waals surface area contributed by atoms with Crippen LogP contribution < -0.4 is 5.69 Å². The van der Waals surface area contributed by atoms with Gasteiger partial charge in [-0.05, 0) is 18.2 Å². The molecule has 0 radical (unpaired) electrons. The minimum Gasteiger partial charge on any atom is -0.314 e. The Balaban J connectivity index is 3.09. The van der Waals surface area contributed by atoms with Gasteiger partial charge in [-0.15, -0.1) is 0 Å². The summed E-state index contributed by atoms with van der Waals surface area (Å²) in [7, 11) is 0. The van der Waals surface area contributed by atoms with Crippen molar-refractivity contribution in [1.29, 1.82) is 0 Å². The lowest BCUT2D eigenvalue weighted by atomic mass is 10.5. The maximum absolute atomic E-state index is 10.9. The van der Waals surface area contributed by atoms with Gasteiger partial charge in [-0.3, -0.25) is 4.40 Å². The molecule has 1 N–H and O–H groups in total. The van der Waals surface area contributed by atoms with Crippen molar-refractivity contribution in [3.8, 4) is 0 Å². The average Bonchev–Trinajstić information content (AvgIpc) is 2.36. The standard InChI is InChI=1S/C7H6N2O/c10-7-8-4-3-6-2-1-5-9(6)7/h1-5H,(H,8,10). The molecule has 0 aliphatic rings. The summed E-state index contributed by atoms with van der Waals surface area (Å²) in [6.45, 7) is 0. The predicted molar refractivity (Wildman–Crippen MR) is 38.0 cm³/mol. The third-order valence-corrected chi connectivity index (χ3v) is 1.46. The molecule has 0 aliphatic carbocycles. The molecule has 3 heteroatoms. The van der Waals surface area contributed by atoms with Crippen molar-refractivity contribution in [2.45, 2.75) is 0 Å². The summed E-state index contributed by atoms with van der Waals surface area (Å²) in [6, 6.07) is 5.57. The Morgan fingerprint density at radius 2 is 2.30 bits per heavy atom. The van der Waals surface area contributed by atoms with Crippen molar-refractivity contribution in [2.24, 2.45) is 0 Å². The molecular formula is C7H6N2O. The van der Waals surface area contributed by atoms with Crippen molar-refractivity contribution in [2.75, 3.05) is 0 Å². The molecule has 0 saturated heterocycles. The molecule has 2 rings (SSSR count). The van der Waals surface area contributed by atoms with Crippen LogP contribution in [0.3, 0.4) is 0 Å². The molecule has 0 unspecified atom stereocenters. The highest BCUT2D eigenvalue weighted by molar-refractivity contribution is 5.45. The average molecular weight is 134 g/mol. The zero-order valence-electron chi connectivity index (χ0n) is 5.24. The number of hydrogen-bond donors (Lipinski definition) is 1. The molecule has 0 fully saturated rings. The molecule has 0 aliphatic heterocycles. The third-order valence-electron chi connectivity index (χ3n) is 1.46. The molecule has 3 nitrogen and oxygen atoms in total. The molecule has 2 heterocycles. The maximum atomic E-state index is 10.9. The Morgan fingerprint density at radius 3 is 3.10 bits per heavy atom. The van der Waals surface area contributed by atoms with Crippen LogP contribution in [0.4, 0.5) is 0 Å². The Bertz CT molecular complexity index is 399. The first-order chi connectivity index (χ1) is 4.88. The smallest absolute Gasteiger partial charge is 0.314 e. The first-order valence-electron chi connectivity index (χ1n) is 3.03. The molecule has 0 aromatic carbocycles. The highest BCUT2D eigenvalue weighted by atomic mass is 16.1. The minimum atomic E-state index is -0.0949. The molecular weight excluding hydrogens is 128 g/mol. The number of rotatable bonds is 0. The van der Waals surface area contributed by atoms with Crippen LogP contribution in [0.15, 0.2) is 35.4 Å². The molecule has 0 saturated carbocycles. The van der Waals surface area contributed by atoms with E-state index in [-0.39, 0.29) is 5.69 Å². The van der Waals surface area contributed by atoms with Crippen LogP contribution in [0, 0.1) is 0 Å². The summed E-state index contributed by atoms with van der Waals surface area (Å²) >= 11 is 0. The van der Waals surface area contributed by atoms with Gasteiger partial charge in [-0.2, -0.15) is 0 Å². The van der Waals surface area contributed by atoms with Crippen LogP contribution in [-0.2, 0) is 0 Å². The highest BCUT2D eigenvalue weighted by Crippen LogP contribution is 1.96. The summed E-state index contributed by atoms with van der Waals surface area (Å²) in [5.41, 5.74) is 0.825. The van der Waals surface area contributed by atoms with Crippen molar-refractivity contribution in [3.63, 3.8) is 0 Å². The molecule has 2 aromatic heterocycles. The summed E-state index contributed by atoms with van der Waals surface area (Å²) in [6.07, 6.45) is 3.37. The largest absolute Gasteiger partial charge is 0.329 e. The second-order valence-electron chi connectivity index (χ2n) is 2.09. The van der Waals surface area contributed by atoms with E-state index in [0.717, 1.165) is 5.52 Å². The Kier molecular flexibility index (Phi) is 0.917. The van der Waals surface area contributed by atoms with Crippen LogP contribution in [0.5, 0.6) is 0 Å². The molecule has 50 valence electrons. The van der Waals surface area contributed by atoms with Crippen LogP contribution in [0.2, 0.25) is 0 Å². The predicted octanol–water partition coefficient (Wildman–Crippen LogP) is 0.628. The van der Waals surface area contributed by atoms with E-state index in [1.165, 1.54) is 0 Å². The van der Waals surface area contributed by atoms with Crippen molar-refractivity contribution >= 4 is 5.52 Å². The molecule has 0 atom stereocenters. The van der Waals surface area contributed by atoms with Gasteiger partial charge in [0.1, 0.15) is 0 Å². The molecule has 2 aromatic rings. The number of hydrogen-bond acceptors (Lipinski definition) is 1. The van der Waals surface area contributed by atoms with E-state index in [4.69, 9.17) is 0 Å². The molecule has 10 heavy (non-hydrogen) atoms. The van der Waals surface area contributed by atoms with E-state index in [1.54, 1.807) is 16.8 Å². The summed E-state index contributed by atoms with van der Waals surface area (Å²) in [5, 5.41) is 0. The molecule has 0 amide bonds. The lowest BCUT2D eigenvalue weighted by Gasteiger charge is -1.88. The summed E-state index contributed by atoms with van der Waals surface area (Å²) in [4.78, 5) is 13.5. The first-order valence-corrected chi connectivity index (χ1v) is 3.03. The number of aromatic nitrogens is 2. The Labute approximate surface area is 56.9 Å². The van der Waals surface area contributed by atoms with Crippen LogP contribution in [0.1, 0.15) is 0 Å². The molecule has 0 bridgehead atoms. The van der Waals surface area contributed by atoms with Crippen molar-refractivity contribution in [1.82, 2.24) is 9.38 Å². The van der Waals surface area contributed by atoms with Gasteiger partial charge in [0.15, 0.2) is 0 Å². The Hall–Kier alpha value is -1.51. The van der Waals surface area contributed by atoms with Gasteiger partial charge >= 0.3 is 5.69 Å². The Morgan fingerprint density at radius 1 is 1.40 bits per heavy atom. The number of H-pyrrole nitrogens is 1. The van der Waals surface area contributed by atoms with E-state index in [0.29, 0.717) is 0 Å². The summed E-state index contributed by atoms with van der Waals surface area (Å²) in [5.74, 6) is 0. The van der Waals surface area contributed by atoms with Gasteiger partial charge in [0.25, 0.3) is 0 Å². The second-order valence-corrected chi connectivity index (χ2v) is 2.09. The highest BCUT2D eigenvalue weighted by Gasteiger charge is 1.90. The zero-order chi connectivity index (χ0) is 6.97. The zero-order valence-corrected chi connectivity index (χ0v) is 5.24. The van der Waals surface area contributed by atoms with Gasteiger partial charge in [-0.25, -0.2) is 4.79 Å². The van der Waals surface area contributed by atoms with Gasteiger partial charge in [0, 0.05) is 12.4 Å². The van der Waals surface area contributed by atoms with Crippen LogP contribution >= 0.6 is 0 Å². The fraction of sp³-hybridized carbons (Fsp3) is 0. The number of aromatic amines is 1. The maximum Gasteiger partial charge on any atom is 0.329 e. The van der Waals surface area contributed by atoms with Gasteiger partial charge < -0.3 is 4.98 Å². The van der Waals surface area contributed by atoms with E-state index >= 15 is 0 Å². The fourth-order valence-corrected chi connectivity index (χ4v) is 0.983. The lowest BCUT2D eigenvalue weighted by Crippen LogP contribution is -2.13. The van der Waals surface area contributed by atoms with Crippen LogP contribution in [0.25, 0.3) is 5.52 Å². The van der Waals surface area contributed by atoms with Gasteiger partial charge in [0.05, 0.1) is 5.52 Å². The van der Waals surface area contributed by atoms with E-state index in [1.807, 2.05) is 18.2 Å². The monoisotopic (exact) mass is 134 g/mol. The van der Waals surface area contributed by atoms with E-state index in [2.05, 4.69) is 4.98 Å². The quantitative estimate of drug-likeness (QED) is 0.563. The van der Waals surface area contributed by atoms with Crippen molar-refractivity contribution < 1.29 is 0 Å². The normalized spacial score (nSPS) is 10.4. The fourth-order valence-electron chi connectivity index (χ4n) is 0.983. The SMILES string of the molecule is O=c1[nH]ccc2cccn12. The number of nitrogens with zero attached hydrogens (tertiary/aromatic N) is 1. The molecule has 0 spiro atoms. The van der Waals surface area contributed by atoms with Gasteiger partial charge in [-0.1, -0.05) is 0 Å². The van der Waals surface area contributed by atoms with Gasteiger partial charge in [0.2, 0.25) is 0 Å². The second kappa shape index (κ2) is 1.73. The van der Waals surface area contributed by atoms with Crippen LogP contribution in [-0.4, -0.2) is 9.38 Å².